The molecule has 0 bridgehead atoms. The Kier molecular flexibility index (Phi) is 3.31. The van der Waals surface area contributed by atoms with Gasteiger partial charge in [0.25, 0.3) is 5.69 Å². The number of ether oxygens (including phenoxy) is 1. The highest BCUT2D eigenvalue weighted by atomic mass is 16.6. The van der Waals surface area contributed by atoms with E-state index in [2.05, 4.69) is 4.98 Å². The van der Waals surface area contributed by atoms with E-state index in [-0.39, 0.29) is 11.5 Å². The summed E-state index contributed by atoms with van der Waals surface area (Å²) in [5, 5.41) is 10.9. The van der Waals surface area contributed by atoms with Gasteiger partial charge in [-0.3, -0.25) is 10.1 Å². The first kappa shape index (κ1) is 13.2. The summed E-state index contributed by atoms with van der Waals surface area (Å²) in [6.07, 6.45) is 0. The zero-order chi connectivity index (χ0) is 14.8. The SMILES string of the molecule is Nc1cc([N+](=O)[O-])cc(N2CCOc3ccccc3C2)n1. The second-order valence-electron chi connectivity index (χ2n) is 4.74. The monoisotopic (exact) mass is 286 g/mol. The van der Waals surface area contributed by atoms with Crippen LogP contribution in [0.2, 0.25) is 0 Å². The van der Waals surface area contributed by atoms with Crippen molar-refractivity contribution in [3.05, 3.63) is 52.1 Å². The zero-order valence-corrected chi connectivity index (χ0v) is 11.2. The van der Waals surface area contributed by atoms with Crippen LogP contribution in [0.15, 0.2) is 36.4 Å². The van der Waals surface area contributed by atoms with Gasteiger partial charge in [-0.25, -0.2) is 4.98 Å². The summed E-state index contributed by atoms with van der Waals surface area (Å²) in [5.74, 6) is 1.46. The minimum atomic E-state index is -0.468. The van der Waals surface area contributed by atoms with Crippen LogP contribution in [-0.2, 0) is 6.54 Å². The van der Waals surface area contributed by atoms with E-state index in [0.29, 0.717) is 25.5 Å². The van der Waals surface area contributed by atoms with E-state index >= 15 is 0 Å². The van der Waals surface area contributed by atoms with Gasteiger partial charge in [0.15, 0.2) is 0 Å². The van der Waals surface area contributed by atoms with Gasteiger partial charge in [-0.2, -0.15) is 0 Å². The van der Waals surface area contributed by atoms with Crippen LogP contribution in [0, 0.1) is 10.1 Å². The van der Waals surface area contributed by atoms with E-state index in [9.17, 15) is 10.1 Å². The van der Waals surface area contributed by atoms with Crippen LogP contribution in [0.3, 0.4) is 0 Å². The highest BCUT2D eigenvalue weighted by molar-refractivity contribution is 5.55. The molecule has 1 aliphatic heterocycles. The van der Waals surface area contributed by atoms with E-state index in [1.807, 2.05) is 29.2 Å². The molecule has 1 aromatic carbocycles. The number of fused-ring (bicyclic) bond motifs is 1. The summed E-state index contributed by atoms with van der Waals surface area (Å²) < 4.78 is 5.67. The third kappa shape index (κ3) is 2.71. The predicted octanol–water partition coefficient (Wildman–Crippen LogP) is 1.97. The van der Waals surface area contributed by atoms with Gasteiger partial charge in [-0.1, -0.05) is 18.2 Å². The number of para-hydroxylation sites is 1. The van der Waals surface area contributed by atoms with E-state index in [1.165, 1.54) is 12.1 Å². The largest absolute Gasteiger partial charge is 0.491 e. The quantitative estimate of drug-likeness (QED) is 0.670. The molecule has 0 aliphatic carbocycles. The first-order valence-corrected chi connectivity index (χ1v) is 6.51. The summed E-state index contributed by atoms with van der Waals surface area (Å²) in [4.78, 5) is 16.6. The van der Waals surface area contributed by atoms with E-state index in [4.69, 9.17) is 10.5 Å². The Morgan fingerprint density at radius 3 is 2.95 bits per heavy atom. The molecule has 0 unspecified atom stereocenters. The van der Waals surface area contributed by atoms with Crippen molar-refractivity contribution in [2.75, 3.05) is 23.8 Å². The maximum atomic E-state index is 10.9. The second-order valence-corrected chi connectivity index (χ2v) is 4.74. The molecule has 2 aromatic rings. The maximum Gasteiger partial charge on any atom is 0.276 e. The number of pyridine rings is 1. The minimum absolute atomic E-state index is 0.0593. The molecular formula is C14H14N4O3. The lowest BCUT2D eigenvalue weighted by Gasteiger charge is -2.20. The number of nitro groups is 1. The summed E-state index contributed by atoms with van der Waals surface area (Å²) in [5.41, 5.74) is 6.62. The predicted molar refractivity (Wildman–Crippen MR) is 78.3 cm³/mol. The molecular weight excluding hydrogens is 272 g/mol. The number of nitrogens with two attached hydrogens (primary N) is 1. The van der Waals surface area contributed by atoms with Crippen molar-refractivity contribution in [2.24, 2.45) is 0 Å². The van der Waals surface area contributed by atoms with Crippen molar-refractivity contribution in [1.82, 2.24) is 4.98 Å². The minimum Gasteiger partial charge on any atom is -0.491 e. The number of benzene rings is 1. The average Bonchev–Trinajstić information content (AvgIpc) is 2.68. The molecule has 0 atom stereocenters. The molecule has 0 saturated carbocycles. The van der Waals surface area contributed by atoms with Gasteiger partial charge >= 0.3 is 0 Å². The maximum absolute atomic E-state index is 10.9. The van der Waals surface area contributed by atoms with Crippen molar-refractivity contribution < 1.29 is 9.66 Å². The number of anilines is 2. The van der Waals surface area contributed by atoms with Crippen LogP contribution in [-0.4, -0.2) is 23.1 Å². The summed E-state index contributed by atoms with van der Waals surface area (Å²) in [6, 6.07) is 10.4. The normalized spacial score (nSPS) is 14.0. The Morgan fingerprint density at radius 1 is 1.33 bits per heavy atom. The lowest BCUT2D eigenvalue weighted by molar-refractivity contribution is -0.384. The van der Waals surface area contributed by atoms with Crippen LogP contribution in [0.25, 0.3) is 0 Å². The average molecular weight is 286 g/mol. The van der Waals surface area contributed by atoms with Gasteiger partial charge in [0, 0.05) is 12.1 Å². The molecule has 3 rings (SSSR count). The summed E-state index contributed by atoms with van der Waals surface area (Å²) >= 11 is 0. The van der Waals surface area contributed by atoms with Gasteiger partial charge in [-0.05, 0) is 6.07 Å². The van der Waals surface area contributed by atoms with Crippen molar-refractivity contribution in [2.45, 2.75) is 6.54 Å². The molecule has 108 valence electrons. The first-order chi connectivity index (χ1) is 10.1. The lowest BCUT2D eigenvalue weighted by Crippen LogP contribution is -2.26. The third-order valence-corrected chi connectivity index (χ3v) is 3.30. The van der Waals surface area contributed by atoms with Crippen molar-refractivity contribution in [3.63, 3.8) is 0 Å². The highest BCUT2D eigenvalue weighted by Crippen LogP contribution is 2.27. The molecule has 0 saturated heterocycles. The second kappa shape index (κ2) is 5.28. The number of rotatable bonds is 2. The van der Waals surface area contributed by atoms with Gasteiger partial charge in [-0.15, -0.1) is 0 Å². The Labute approximate surface area is 121 Å². The number of nitrogen functional groups attached to an aromatic ring is 1. The fourth-order valence-electron chi connectivity index (χ4n) is 2.31. The van der Waals surface area contributed by atoms with Crippen molar-refractivity contribution in [1.29, 1.82) is 0 Å². The summed E-state index contributed by atoms with van der Waals surface area (Å²) in [6.45, 7) is 1.65. The topological polar surface area (TPSA) is 94.5 Å². The molecule has 0 fully saturated rings. The van der Waals surface area contributed by atoms with Crippen LogP contribution in [0.1, 0.15) is 5.56 Å². The lowest BCUT2D eigenvalue weighted by atomic mass is 10.2. The van der Waals surface area contributed by atoms with E-state index < -0.39 is 4.92 Å². The molecule has 1 aliphatic rings. The van der Waals surface area contributed by atoms with Gasteiger partial charge in [0.1, 0.15) is 24.0 Å². The van der Waals surface area contributed by atoms with Gasteiger partial charge in [0.2, 0.25) is 0 Å². The number of hydrogen-bond acceptors (Lipinski definition) is 6. The molecule has 21 heavy (non-hydrogen) atoms. The van der Waals surface area contributed by atoms with Crippen LogP contribution in [0.5, 0.6) is 5.75 Å². The van der Waals surface area contributed by atoms with E-state index in [0.717, 1.165) is 11.3 Å². The fraction of sp³-hybridized carbons (Fsp3) is 0.214. The molecule has 1 aromatic heterocycles. The molecule has 0 radical (unpaired) electrons. The standard InChI is InChI=1S/C14H14N4O3/c15-13-7-11(18(19)20)8-14(16-13)17-5-6-21-12-4-2-1-3-10(12)9-17/h1-4,7-8H,5-6,9H2,(H2,15,16). The third-order valence-electron chi connectivity index (χ3n) is 3.30. The van der Waals surface area contributed by atoms with Gasteiger partial charge in [0.05, 0.1) is 23.6 Å². The van der Waals surface area contributed by atoms with Gasteiger partial charge < -0.3 is 15.4 Å². The zero-order valence-electron chi connectivity index (χ0n) is 11.2. The summed E-state index contributed by atoms with van der Waals surface area (Å²) in [7, 11) is 0. The van der Waals surface area contributed by atoms with Crippen molar-refractivity contribution in [3.8, 4) is 5.75 Å². The van der Waals surface area contributed by atoms with Crippen LogP contribution in [0.4, 0.5) is 17.3 Å². The molecule has 7 heteroatoms. The van der Waals surface area contributed by atoms with Crippen molar-refractivity contribution >= 4 is 17.3 Å². The number of aromatic nitrogens is 1. The Hall–Kier alpha value is -2.83. The highest BCUT2D eigenvalue weighted by Gasteiger charge is 2.19. The Balaban J connectivity index is 1.95. The van der Waals surface area contributed by atoms with Crippen LogP contribution >= 0.6 is 0 Å². The Morgan fingerprint density at radius 2 is 2.14 bits per heavy atom. The molecule has 0 spiro atoms. The number of hydrogen-bond donors (Lipinski definition) is 1. The number of nitrogens with zero attached hydrogens (tertiary/aromatic N) is 3. The van der Waals surface area contributed by atoms with E-state index in [1.54, 1.807) is 0 Å². The molecule has 7 nitrogen and oxygen atoms in total. The Bertz CT molecular complexity index is 690. The molecule has 0 amide bonds. The van der Waals surface area contributed by atoms with Crippen LogP contribution < -0.4 is 15.4 Å². The molecule has 2 N–H and O–H groups in total. The molecule has 2 heterocycles. The first-order valence-electron chi connectivity index (χ1n) is 6.51. The smallest absolute Gasteiger partial charge is 0.276 e. The fourth-order valence-corrected chi connectivity index (χ4v) is 2.31.